The number of ketones is 1. The van der Waals surface area contributed by atoms with Crippen LogP contribution in [0.5, 0.6) is 0 Å². The molecule has 196 valence electrons. The minimum Gasteiger partial charge on any atom is -0.348 e. The Morgan fingerprint density at radius 2 is 1.95 bits per heavy atom. The number of amides is 1. The first kappa shape index (κ1) is 25.7. The van der Waals surface area contributed by atoms with Gasteiger partial charge in [0.2, 0.25) is 0 Å². The molecule has 2 aromatic carbocycles. The number of fused-ring (bicyclic) bond motifs is 1. The second kappa shape index (κ2) is 10.8. The van der Waals surface area contributed by atoms with Gasteiger partial charge in [-0.05, 0) is 48.7 Å². The molecule has 0 unspecified atom stereocenters. The first-order chi connectivity index (χ1) is 18.8. The molecular weight excluding hydrogens is 504 g/mol. The maximum atomic E-state index is 13.5. The Kier molecular flexibility index (Phi) is 7.09. The molecule has 0 fully saturated rings. The highest BCUT2D eigenvalue weighted by atomic mass is 19.2. The molecule has 2 N–H and O–H groups in total. The van der Waals surface area contributed by atoms with Crippen LogP contribution in [0.4, 0.5) is 14.5 Å². The third-order valence-electron chi connectivity index (χ3n) is 6.36. The Hall–Kier alpha value is -4.99. The molecule has 0 aliphatic carbocycles. The Labute approximate surface area is 221 Å². The van der Waals surface area contributed by atoms with Crippen molar-refractivity contribution in [3.05, 3.63) is 117 Å². The zero-order valence-electron chi connectivity index (χ0n) is 20.9. The first-order valence-electron chi connectivity index (χ1n) is 12.2. The van der Waals surface area contributed by atoms with Crippen LogP contribution in [0.25, 0.3) is 17.7 Å². The van der Waals surface area contributed by atoms with Crippen molar-refractivity contribution in [1.29, 1.82) is 0 Å². The van der Waals surface area contributed by atoms with Crippen LogP contribution in [0.15, 0.2) is 66.1 Å². The summed E-state index contributed by atoms with van der Waals surface area (Å²) < 4.78 is 27.9. The number of halogens is 2. The molecule has 0 saturated carbocycles. The van der Waals surface area contributed by atoms with Crippen LogP contribution >= 0.6 is 0 Å². The molecule has 3 heterocycles. The fourth-order valence-electron chi connectivity index (χ4n) is 4.27. The maximum absolute atomic E-state index is 13.5. The monoisotopic (exact) mass is 527 g/mol. The third-order valence-corrected chi connectivity index (χ3v) is 6.36. The molecule has 1 amide bonds. The number of nitrogens with one attached hydrogen (secondary N) is 2. The van der Waals surface area contributed by atoms with E-state index in [4.69, 9.17) is 0 Å². The average Bonchev–Trinajstić information content (AvgIpc) is 3.46. The lowest BCUT2D eigenvalue weighted by atomic mass is 10.0. The van der Waals surface area contributed by atoms with Gasteiger partial charge in [0.15, 0.2) is 17.4 Å². The van der Waals surface area contributed by atoms with E-state index in [0.717, 1.165) is 29.0 Å². The average molecular weight is 528 g/mol. The van der Waals surface area contributed by atoms with E-state index in [2.05, 4.69) is 20.3 Å². The molecule has 10 heteroatoms. The van der Waals surface area contributed by atoms with Gasteiger partial charge in [0, 0.05) is 29.6 Å². The molecule has 4 aromatic rings. The molecular formula is C29H23F2N5O3. The smallest absolute Gasteiger partial charge is 0.264 e. The van der Waals surface area contributed by atoms with Gasteiger partial charge in [0.1, 0.15) is 5.56 Å². The highest BCUT2D eigenvalue weighted by Crippen LogP contribution is 2.34. The minimum atomic E-state index is -1.01. The number of benzene rings is 2. The van der Waals surface area contributed by atoms with E-state index in [9.17, 15) is 23.2 Å². The number of carbonyl (C=O) groups is 2. The van der Waals surface area contributed by atoms with Gasteiger partial charge in [0.05, 0.1) is 30.5 Å². The number of allylic oxidation sites excluding steroid dienone is 1. The first-order valence-corrected chi connectivity index (χ1v) is 12.2. The Morgan fingerprint density at radius 1 is 1.10 bits per heavy atom. The van der Waals surface area contributed by atoms with Gasteiger partial charge in [-0.15, -0.1) is 0 Å². The number of H-pyrrole nitrogens is 1. The predicted molar refractivity (Wildman–Crippen MR) is 143 cm³/mol. The zero-order valence-corrected chi connectivity index (χ0v) is 20.9. The third kappa shape index (κ3) is 5.49. The fourth-order valence-corrected chi connectivity index (χ4v) is 4.27. The lowest BCUT2D eigenvalue weighted by molar-refractivity contribution is -0.110. The van der Waals surface area contributed by atoms with Crippen LogP contribution in [-0.2, 0) is 11.3 Å². The molecule has 8 nitrogen and oxygen atoms in total. The van der Waals surface area contributed by atoms with Crippen LogP contribution in [0.1, 0.15) is 51.3 Å². The van der Waals surface area contributed by atoms with Crippen LogP contribution in [-0.4, -0.2) is 31.2 Å². The number of aryl methyl sites for hydroxylation is 1. The summed E-state index contributed by atoms with van der Waals surface area (Å²) in [5, 5.41) is 2.87. The molecule has 2 aromatic heterocycles. The summed E-state index contributed by atoms with van der Waals surface area (Å²) in [5.41, 5.74) is 4.17. The molecule has 0 bridgehead atoms. The van der Waals surface area contributed by atoms with Gasteiger partial charge in [-0.25, -0.2) is 18.7 Å². The number of hydrogen-bond donors (Lipinski definition) is 2. The summed E-state index contributed by atoms with van der Waals surface area (Å²) in [6.45, 7) is 1.84. The van der Waals surface area contributed by atoms with Crippen LogP contribution < -0.4 is 10.9 Å². The second-order valence-corrected chi connectivity index (χ2v) is 9.08. The molecule has 1 aliphatic heterocycles. The molecule has 0 radical (unpaired) electrons. The molecule has 1 aliphatic rings. The molecule has 0 spiro atoms. The number of Topliss-reactive ketones (excluding diaryl/α,β-unsaturated/α-hetero) is 1. The van der Waals surface area contributed by atoms with Gasteiger partial charge in [-0.1, -0.05) is 30.4 Å². The van der Waals surface area contributed by atoms with E-state index in [0.29, 0.717) is 28.9 Å². The second-order valence-electron chi connectivity index (χ2n) is 9.08. The maximum Gasteiger partial charge on any atom is 0.264 e. The molecule has 0 saturated heterocycles. The number of anilines is 1. The Morgan fingerprint density at radius 3 is 2.72 bits per heavy atom. The van der Waals surface area contributed by atoms with Crippen molar-refractivity contribution in [3.63, 3.8) is 0 Å². The number of rotatable bonds is 8. The van der Waals surface area contributed by atoms with Crippen molar-refractivity contribution in [2.75, 3.05) is 5.32 Å². The van der Waals surface area contributed by atoms with Crippen LogP contribution in [0, 0.1) is 18.6 Å². The van der Waals surface area contributed by atoms with E-state index in [1.165, 1.54) is 23.2 Å². The number of hydrogen-bond acceptors (Lipinski definition) is 5. The normalized spacial score (nSPS) is 13.7. The quantitative estimate of drug-likeness (QED) is 0.253. The van der Waals surface area contributed by atoms with Crippen molar-refractivity contribution >= 4 is 35.1 Å². The number of nitrogens with zero attached hydrogens (tertiary/aromatic N) is 3. The van der Waals surface area contributed by atoms with Crippen molar-refractivity contribution in [3.8, 4) is 0 Å². The fraction of sp³-hybridized carbons (Fsp3) is 0.138. The Bertz CT molecular complexity index is 1720. The van der Waals surface area contributed by atoms with E-state index < -0.39 is 17.2 Å². The number of imidazole rings is 1. The van der Waals surface area contributed by atoms with Crippen molar-refractivity contribution in [2.45, 2.75) is 26.3 Å². The molecule has 0 atom stereocenters. The lowest BCUT2D eigenvalue weighted by Gasteiger charge is -2.07. The van der Waals surface area contributed by atoms with Crippen molar-refractivity contribution < 1.29 is 18.4 Å². The topological polar surface area (TPSA) is 110 Å². The van der Waals surface area contributed by atoms with Gasteiger partial charge in [-0.3, -0.25) is 19.0 Å². The van der Waals surface area contributed by atoms with Gasteiger partial charge < -0.3 is 10.3 Å². The van der Waals surface area contributed by atoms with Crippen LogP contribution in [0.3, 0.4) is 0 Å². The lowest BCUT2D eigenvalue weighted by Crippen LogP contribution is -2.27. The SMILES string of the molecule is Cc1[nH]cnc1/C=C1\C(=O)Nc2cc(/C=C/CCC(=O)c3cncn(Cc4ccc(F)c(F)c4)c3=O)ccc21. The largest absolute Gasteiger partial charge is 0.348 e. The van der Waals surface area contributed by atoms with E-state index in [1.54, 1.807) is 12.4 Å². The number of carbonyl (C=O) groups excluding carboxylic acids is 2. The number of aromatic nitrogens is 4. The minimum absolute atomic E-state index is 0.0445. The van der Waals surface area contributed by atoms with Gasteiger partial charge in [-0.2, -0.15) is 0 Å². The predicted octanol–water partition coefficient (Wildman–Crippen LogP) is 4.77. The summed E-state index contributed by atoms with van der Waals surface area (Å²) in [4.78, 5) is 49.1. The standard InChI is InChI=1S/C29H23F2N5O3/c1-17-25(34-15-33-17)12-21-20-8-6-18(11-26(20)35-28(21)38)4-2-3-5-27(37)22-13-32-16-36(29(22)39)14-19-7-9-23(30)24(31)10-19/h2,4,6-13,15-16H,3,5,14H2,1H3,(H,33,34)(H,35,38)/b4-2+,21-12-. The van der Waals surface area contributed by atoms with Gasteiger partial charge in [0.25, 0.3) is 11.5 Å². The summed E-state index contributed by atoms with van der Waals surface area (Å²) >= 11 is 0. The highest BCUT2D eigenvalue weighted by molar-refractivity contribution is 6.34. The summed E-state index contributed by atoms with van der Waals surface area (Å²) in [6, 6.07) is 8.94. The summed E-state index contributed by atoms with van der Waals surface area (Å²) in [5.74, 6) is -2.57. The summed E-state index contributed by atoms with van der Waals surface area (Å²) in [7, 11) is 0. The molecule has 5 rings (SSSR count). The van der Waals surface area contributed by atoms with E-state index in [1.807, 2.05) is 37.3 Å². The van der Waals surface area contributed by atoms with Gasteiger partial charge >= 0.3 is 0 Å². The Balaban J connectivity index is 1.23. The van der Waals surface area contributed by atoms with Crippen molar-refractivity contribution in [2.24, 2.45) is 0 Å². The zero-order chi connectivity index (χ0) is 27.5. The highest BCUT2D eigenvalue weighted by Gasteiger charge is 2.24. The van der Waals surface area contributed by atoms with E-state index >= 15 is 0 Å². The van der Waals surface area contributed by atoms with Crippen molar-refractivity contribution in [1.82, 2.24) is 19.5 Å². The number of aromatic amines is 1. The van der Waals surface area contributed by atoms with E-state index in [-0.39, 0.29) is 30.2 Å². The van der Waals surface area contributed by atoms with Crippen LogP contribution in [0.2, 0.25) is 0 Å². The molecule has 39 heavy (non-hydrogen) atoms. The summed E-state index contributed by atoms with van der Waals surface area (Å²) in [6.07, 6.45) is 9.91.